The van der Waals surface area contributed by atoms with E-state index >= 15 is 0 Å². The zero-order valence-electron chi connectivity index (χ0n) is 11.9. The molecule has 3 rings (SSSR count). The standard InChI is InChI=1S/C17H17N3O/c1-2-11-21-16-10-6-7-14(12-16)17-19-18-13-20(17)15-8-4-3-5-9-15/h3-10,12-13H,2,11H2,1H3. The van der Waals surface area contributed by atoms with E-state index in [0.717, 1.165) is 35.9 Å². The van der Waals surface area contributed by atoms with Crippen molar-refractivity contribution in [3.63, 3.8) is 0 Å². The molecule has 0 fully saturated rings. The van der Waals surface area contributed by atoms with Gasteiger partial charge < -0.3 is 4.74 Å². The lowest BCUT2D eigenvalue weighted by molar-refractivity contribution is 0.317. The lowest BCUT2D eigenvalue weighted by Gasteiger charge is -2.08. The van der Waals surface area contributed by atoms with Crippen LogP contribution in [0.3, 0.4) is 0 Å². The third-order valence-electron chi connectivity index (χ3n) is 3.15. The number of rotatable bonds is 5. The van der Waals surface area contributed by atoms with Crippen molar-refractivity contribution in [1.82, 2.24) is 14.8 Å². The number of benzene rings is 2. The van der Waals surface area contributed by atoms with Crippen LogP contribution in [0.15, 0.2) is 60.9 Å². The third-order valence-corrected chi connectivity index (χ3v) is 3.15. The minimum absolute atomic E-state index is 0.717. The molecule has 0 aliphatic rings. The summed E-state index contributed by atoms with van der Waals surface area (Å²) in [5.74, 6) is 1.67. The average Bonchev–Trinajstić information content (AvgIpc) is 3.04. The van der Waals surface area contributed by atoms with E-state index in [2.05, 4.69) is 17.1 Å². The molecule has 2 aromatic carbocycles. The van der Waals surface area contributed by atoms with Crippen molar-refractivity contribution in [3.05, 3.63) is 60.9 Å². The van der Waals surface area contributed by atoms with Gasteiger partial charge in [-0.3, -0.25) is 4.57 Å². The molecule has 106 valence electrons. The molecule has 0 amide bonds. The molecule has 0 atom stereocenters. The van der Waals surface area contributed by atoms with E-state index in [-0.39, 0.29) is 0 Å². The van der Waals surface area contributed by atoms with Crippen molar-refractivity contribution in [1.29, 1.82) is 0 Å². The van der Waals surface area contributed by atoms with Crippen LogP contribution in [0, 0.1) is 0 Å². The molecular weight excluding hydrogens is 262 g/mol. The highest BCUT2D eigenvalue weighted by atomic mass is 16.5. The zero-order valence-corrected chi connectivity index (χ0v) is 11.9. The Labute approximate surface area is 124 Å². The van der Waals surface area contributed by atoms with Crippen LogP contribution in [-0.4, -0.2) is 21.4 Å². The van der Waals surface area contributed by atoms with Gasteiger partial charge in [-0.25, -0.2) is 0 Å². The molecule has 0 radical (unpaired) electrons. The van der Waals surface area contributed by atoms with E-state index in [1.54, 1.807) is 6.33 Å². The maximum Gasteiger partial charge on any atom is 0.168 e. The topological polar surface area (TPSA) is 39.9 Å². The van der Waals surface area contributed by atoms with Crippen molar-refractivity contribution in [3.8, 4) is 22.8 Å². The van der Waals surface area contributed by atoms with Gasteiger partial charge in [0.1, 0.15) is 12.1 Å². The molecule has 4 heteroatoms. The summed E-state index contributed by atoms with van der Waals surface area (Å²) in [5.41, 5.74) is 2.03. The minimum Gasteiger partial charge on any atom is -0.494 e. The molecule has 0 bridgehead atoms. The first-order valence-electron chi connectivity index (χ1n) is 7.07. The molecule has 0 unspecified atom stereocenters. The van der Waals surface area contributed by atoms with Gasteiger partial charge >= 0.3 is 0 Å². The summed E-state index contributed by atoms with van der Waals surface area (Å²) in [6.07, 6.45) is 2.72. The van der Waals surface area contributed by atoms with E-state index < -0.39 is 0 Å². The number of para-hydroxylation sites is 1. The summed E-state index contributed by atoms with van der Waals surface area (Å²) < 4.78 is 7.65. The normalized spacial score (nSPS) is 10.5. The highest BCUT2D eigenvalue weighted by Gasteiger charge is 2.09. The number of aromatic nitrogens is 3. The van der Waals surface area contributed by atoms with Gasteiger partial charge in [0.15, 0.2) is 5.82 Å². The van der Waals surface area contributed by atoms with Crippen molar-refractivity contribution >= 4 is 0 Å². The summed E-state index contributed by atoms with van der Waals surface area (Å²) in [6, 6.07) is 18.0. The lowest BCUT2D eigenvalue weighted by Crippen LogP contribution is -1.98. The summed E-state index contributed by atoms with van der Waals surface area (Å²) in [4.78, 5) is 0. The van der Waals surface area contributed by atoms with Crippen LogP contribution in [-0.2, 0) is 0 Å². The Morgan fingerprint density at radius 2 is 1.90 bits per heavy atom. The predicted molar refractivity (Wildman–Crippen MR) is 82.6 cm³/mol. The second kappa shape index (κ2) is 6.22. The van der Waals surface area contributed by atoms with Crippen molar-refractivity contribution in [2.24, 2.45) is 0 Å². The van der Waals surface area contributed by atoms with Crippen LogP contribution < -0.4 is 4.74 Å². The SMILES string of the molecule is CCCOc1cccc(-c2nncn2-c2ccccc2)c1. The number of hydrogen-bond donors (Lipinski definition) is 0. The van der Waals surface area contributed by atoms with Gasteiger partial charge in [-0.15, -0.1) is 10.2 Å². The van der Waals surface area contributed by atoms with Gasteiger partial charge in [0, 0.05) is 11.3 Å². The molecule has 0 aliphatic heterocycles. The molecule has 0 aliphatic carbocycles. The van der Waals surface area contributed by atoms with Gasteiger partial charge in [-0.1, -0.05) is 37.3 Å². The fraction of sp³-hybridized carbons (Fsp3) is 0.176. The predicted octanol–water partition coefficient (Wildman–Crippen LogP) is 3.72. The highest BCUT2D eigenvalue weighted by molar-refractivity contribution is 5.60. The number of nitrogens with zero attached hydrogens (tertiary/aromatic N) is 3. The first kappa shape index (κ1) is 13.4. The molecule has 0 spiro atoms. The Morgan fingerprint density at radius 1 is 1.05 bits per heavy atom. The van der Waals surface area contributed by atoms with E-state index in [1.807, 2.05) is 59.2 Å². The highest BCUT2D eigenvalue weighted by Crippen LogP contribution is 2.24. The van der Waals surface area contributed by atoms with Gasteiger partial charge in [-0.05, 0) is 30.7 Å². The molecule has 3 aromatic rings. The fourth-order valence-electron chi connectivity index (χ4n) is 2.15. The van der Waals surface area contributed by atoms with Gasteiger partial charge in [0.2, 0.25) is 0 Å². The molecule has 21 heavy (non-hydrogen) atoms. The molecule has 0 saturated carbocycles. The van der Waals surface area contributed by atoms with Crippen LogP contribution in [0.25, 0.3) is 17.1 Å². The first-order valence-corrected chi connectivity index (χ1v) is 7.07. The number of hydrogen-bond acceptors (Lipinski definition) is 3. The fourth-order valence-corrected chi connectivity index (χ4v) is 2.15. The van der Waals surface area contributed by atoms with E-state index in [4.69, 9.17) is 4.74 Å². The Balaban J connectivity index is 1.97. The van der Waals surface area contributed by atoms with Gasteiger partial charge in [0.25, 0.3) is 0 Å². The summed E-state index contributed by atoms with van der Waals surface area (Å²) in [7, 11) is 0. The van der Waals surface area contributed by atoms with Crippen LogP contribution in [0.4, 0.5) is 0 Å². The maximum atomic E-state index is 5.68. The monoisotopic (exact) mass is 279 g/mol. The lowest BCUT2D eigenvalue weighted by atomic mass is 10.2. The Morgan fingerprint density at radius 3 is 2.71 bits per heavy atom. The Kier molecular flexibility index (Phi) is 3.96. The summed E-state index contributed by atoms with van der Waals surface area (Å²) in [5, 5.41) is 8.28. The van der Waals surface area contributed by atoms with Gasteiger partial charge in [-0.2, -0.15) is 0 Å². The van der Waals surface area contributed by atoms with Crippen LogP contribution >= 0.6 is 0 Å². The molecule has 0 saturated heterocycles. The molecule has 4 nitrogen and oxygen atoms in total. The Bertz CT molecular complexity index is 707. The van der Waals surface area contributed by atoms with E-state index in [9.17, 15) is 0 Å². The van der Waals surface area contributed by atoms with E-state index in [0.29, 0.717) is 0 Å². The zero-order chi connectivity index (χ0) is 14.5. The van der Waals surface area contributed by atoms with E-state index in [1.165, 1.54) is 0 Å². The second-order valence-corrected chi connectivity index (χ2v) is 4.74. The van der Waals surface area contributed by atoms with Crippen molar-refractivity contribution in [2.75, 3.05) is 6.61 Å². The largest absolute Gasteiger partial charge is 0.494 e. The van der Waals surface area contributed by atoms with Crippen LogP contribution in [0.5, 0.6) is 5.75 Å². The second-order valence-electron chi connectivity index (χ2n) is 4.74. The van der Waals surface area contributed by atoms with Gasteiger partial charge in [0.05, 0.1) is 6.61 Å². The average molecular weight is 279 g/mol. The quantitative estimate of drug-likeness (QED) is 0.714. The van der Waals surface area contributed by atoms with Crippen molar-refractivity contribution < 1.29 is 4.74 Å². The Hall–Kier alpha value is -2.62. The summed E-state index contributed by atoms with van der Waals surface area (Å²) in [6.45, 7) is 2.81. The molecule has 0 N–H and O–H groups in total. The minimum atomic E-state index is 0.717. The first-order chi connectivity index (χ1) is 10.4. The third kappa shape index (κ3) is 2.94. The molecular formula is C17H17N3O. The van der Waals surface area contributed by atoms with Crippen molar-refractivity contribution in [2.45, 2.75) is 13.3 Å². The van der Waals surface area contributed by atoms with Crippen LogP contribution in [0.1, 0.15) is 13.3 Å². The maximum absolute atomic E-state index is 5.68. The van der Waals surface area contributed by atoms with Crippen LogP contribution in [0.2, 0.25) is 0 Å². The number of ether oxygens (including phenoxy) is 1. The smallest absolute Gasteiger partial charge is 0.168 e. The summed E-state index contributed by atoms with van der Waals surface area (Å²) >= 11 is 0. The molecule has 1 aromatic heterocycles. The molecule has 1 heterocycles.